The highest BCUT2D eigenvalue weighted by atomic mass is 16.5. The lowest BCUT2D eigenvalue weighted by Crippen LogP contribution is -2.12. The standard InChI is InChI=1S/C12H17N7O2/c1-3-5-14-10-16-11(18-12(17-10)21-4-2)19-7-8(6-15-19)9(13)20/h6-7H,3-5H2,1-2H3,(H2,13,20)(H,14,16,17,18). The van der Waals surface area contributed by atoms with Gasteiger partial charge in [-0.2, -0.15) is 20.1 Å². The summed E-state index contributed by atoms with van der Waals surface area (Å²) in [6.45, 7) is 5.02. The van der Waals surface area contributed by atoms with E-state index < -0.39 is 5.91 Å². The minimum absolute atomic E-state index is 0.192. The van der Waals surface area contributed by atoms with Crippen LogP contribution in [0.5, 0.6) is 6.01 Å². The second-order valence-electron chi connectivity index (χ2n) is 4.14. The summed E-state index contributed by atoms with van der Waals surface area (Å²) in [5.41, 5.74) is 5.47. The van der Waals surface area contributed by atoms with Gasteiger partial charge in [0.25, 0.3) is 11.9 Å². The van der Waals surface area contributed by atoms with Crippen molar-refractivity contribution in [2.75, 3.05) is 18.5 Å². The second kappa shape index (κ2) is 6.64. The van der Waals surface area contributed by atoms with Crippen molar-refractivity contribution in [3.05, 3.63) is 18.0 Å². The van der Waals surface area contributed by atoms with E-state index in [1.165, 1.54) is 17.1 Å². The molecule has 0 fully saturated rings. The first-order valence-electron chi connectivity index (χ1n) is 6.61. The number of carbonyl (C=O) groups is 1. The van der Waals surface area contributed by atoms with Crippen molar-refractivity contribution in [2.24, 2.45) is 5.73 Å². The normalized spacial score (nSPS) is 10.4. The number of nitrogens with one attached hydrogen (secondary N) is 1. The number of carbonyl (C=O) groups excluding carboxylic acids is 1. The van der Waals surface area contributed by atoms with Crippen LogP contribution in [-0.2, 0) is 0 Å². The summed E-state index contributed by atoms with van der Waals surface area (Å²) >= 11 is 0. The molecule has 0 spiro atoms. The van der Waals surface area contributed by atoms with E-state index in [0.717, 1.165) is 13.0 Å². The van der Waals surface area contributed by atoms with E-state index in [4.69, 9.17) is 10.5 Å². The van der Waals surface area contributed by atoms with Crippen LogP contribution in [0.1, 0.15) is 30.6 Å². The largest absolute Gasteiger partial charge is 0.464 e. The molecule has 112 valence electrons. The Kier molecular flexibility index (Phi) is 4.64. The summed E-state index contributed by atoms with van der Waals surface area (Å²) in [6.07, 6.45) is 3.74. The van der Waals surface area contributed by atoms with Crippen LogP contribution in [0, 0.1) is 0 Å². The molecule has 2 rings (SSSR count). The van der Waals surface area contributed by atoms with Gasteiger partial charge in [0.2, 0.25) is 5.95 Å². The summed E-state index contributed by atoms with van der Waals surface area (Å²) in [5, 5.41) is 7.07. The first-order chi connectivity index (χ1) is 10.1. The average Bonchev–Trinajstić information content (AvgIpc) is 2.95. The molecule has 9 heteroatoms. The monoisotopic (exact) mass is 291 g/mol. The minimum atomic E-state index is -0.565. The van der Waals surface area contributed by atoms with Crippen LogP contribution in [0.4, 0.5) is 5.95 Å². The maximum atomic E-state index is 11.1. The highest BCUT2D eigenvalue weighted by Crippen LogP contribution is 2.11. The molecule has 21 heavy (non-hydrogen) atoms. The van der Waals surface area contributed by atoms with E-state index in [9.17, 15) is 4.79 Å². The summed E-state index contributed by atoms with van der Waals surface area (Å²) in [7, 11) is 0. The molecular weight excluding hydrogens is 274 g/mol. The smallest absolute Gasteiger partial charge is 0.323 e. The fourth-order valence-electron chi connectivity index (χ4n) is 1.52. The lowest BCUT2D eigenvalue weighted by atomic mass is 10.4. The van der Waals surface area contributed by atoms with Gasteiger partial charge in [-0.3, -0.25) is 4.79 Å². The molecule has 0 aromatic carbocycles. The van der Waals surface area contributed by atoms with Crippen molar-refractivity contribution in [3.8, 4) is 12.0 Å². The minimum Gasteiger partial charge on any atom is -0.464 e. The van der Waals surface area contributed by atoms with Crippen LogP contribution >= 0.6 is 0 Å². The molecule has 0 radical (unpaired) electrons. The third kappa shape index (κ3) is 3.65. The molecule has 9 nitrogen and oxygen atoms in total. The molecule has 0 aliphatic rings. The molecule has 0 saturated heterocycles. The van der Waals surface area contributed by atoms with Crippen LogP contribution in [0.3, 0.4) is 0 Å². The zero-order chi connectivity index (χ0) is 15.2. The van der Waals surface area contributed by atoms with E-state index >= 15 is 0 Å². The summed E-state index contributed by atoms with van der Waals surface area (Å²) in [5.74, 6) is 0.0747. The third-order valence-electron chi connectivity index (χ3n) is 2.48. The van der Waals surface area contributed by atoms with Gasteiger partial charge in [0.05, 0.1) is 18.4 Å². The number of hydrogen-bond donors (Lipinski definition) is 2. The number of amides is 1. The quantitative estimate of drug-likeness (QED) is 0.756. The van der Waals surface area contributed by atoms with Gasteiger partial charge >= 0.3 is 6.01 Å². The molecule has 1 amide bonds. The number of anilines is 1. The van der Waals surface area contributed by atoms with Gasteiger partial charge in [-0.15, -0.1) is 0 Å². The van der Waals surface area contributed by atoms with Crippen molar-refractivity contribution >= 4 is 11.9 Å². The number of aromatic nitrogens is 5. The van der Waals surface area contributed by atoms with Gasteiger partial charge < -0.3 is 15.8 Å². The number of hydrogen-bond acceptors (Lipinski definition) is 7. The Labute approximate surface area is 121 Å². The van der Waals surface area contributed by atoms with E-state index in [0.29, 0.717) is 12.6 Å². The first-order valence-corrected chi connectivity index (χ1v) is 6.61. The summed E-state index contributed by atoms with van der Waals surface area (Å²) in [4.78, 5) is 23.6. The number of nitrogens with zero attached hydrogens (tertiary/aromatic N) is 5. The van der Waals surface area contributed by atoms with Crippen LogP contribution in [0.2, 0.25) is 0 Å². The topological polar surface area (TPSA) is 121 Å². The van der Waals surface area contributed by atoms with Gasteiger partial charge in [0, 0.05) is 12.7 Å². The van der Waals surface area contributed by atoms with Gasteiger partial charge in [-0.25, -0.2) is 4.68 Å². The summed E-state index contributed by atoms with van der Waals surface area (Å²) < 4.78 is 6.66. The number of primary amides is 1. The molecule has 0 unspecified atom stereocenters. The van der Waals surface area contributed by atoms with Crippen molar-refractivity contribution in [3.63, 3.8) is 0 Å². The summed E-state index contributed by atoms with van der Waals surface area (Å²) in [6, 6.07) is 0.192. The first kappa shape index (κ1) is 14.7. The Morgan fingerprint density at radius 3 is 2.81 bits per heavy atom. The predicted molar refractivity (Wildman–Crippen MR) is 75.4 cm³/mol. The molecule has 3 N–H and O–H groups in total. The fraction of sp³-hybridized carbons (Fsp3) is 0.417. The molecule has 0 aliphatic heterocycles. The second-order valence-corrected chi connectivity index (χ2v) is 4.14. The van der Waals surface area contributed by atoms with Crippen molar-refractivity contribution in [1.82, 2.24) is 24.7 Å². The number of ether oxygens (including phenoxy) is 1. The van der Waals surface area contributed by atoms with Crippen molar-refractivity contribution < 1.29 is 9.53 Å². The Morgan fingerprint density at radius 2 is 2.19 bits per heavy atom. The van der Waals surface area contributed by atoms with E-state index in [-0.39, 0.29) is 17.5 Å². The van der Waals surface area contributed by atoms with Crippen molar-refractivity contribution in [1.29, 1.82) is 0 Å². The van der Waals surface area contributed by atoms with Crippen LogP contribution in [0.25, 0.3) is 5.95 Å². The van der Waals surface area contributed by atoms with Gasteiger partial charge in [-0.1, -0.05) is 6.92 Å². The lowest BCUT2D eigenvalue weighted by molar-refractivity contribution is 0.100. The molecule has 0 atom stereocenters. The molecule has 2 aromatic heterocycles. The number of rotatable bonds is 7. The Morgan fingerprint density at radius 1 is 1.38 bits per heavy atom. The Hall–Kier alpha value is -2.71. The maximum absolute atomic E-state index is 11.1. The molecule has 2 aromatic rings. The van der Waals surface area contributed by atoms with Crippen LogP contribution < -0.4 is 15.8 Å². The lowest BCUT2D eigenvalue weighted by Gasteiger charge is -2.08. The average molecular weight is 291 g/mol. The Bertz CT molecular complexity index is 626. The highest BCUT2D eigenvalue weighted by Gasteiger charge is 2.11. The van der Waals surface area contributed by atoms with Crippen LogP contribution in [0.15, 0.2) is 12.4 Å². The number of nitrogens with two attached hydrogens (primary N) is 1. The van der Waals surface area contributed by atoms with E-state index in [1.807, 2.05) is 13.8 Å². The molecule has 0 saturated carbocycles. The maximum Gasteiger partial charge on any atom is 0.323 e. The van der Waals surface area contributed by atoms with Gasteiger partial charge in [0.15, 0.2) is 0 Å². The zero-order valence-corrected chi connectivity index (χ0v) is 11.9. The zero-order valence-electron chi connectivity index (χ0n) is 11.9. The SMILES string of the molecule is CCCNc1nc(OCC)nc(-n2cc(C(N)=O)cn2)n1. The van der Waals surface area contributed by atoms with Gasteiger partial charge in [0.1, 0.15) is 0 Å². The van der Waals surface area contributed by atoms with Gasteiger partial charge in [-0.05, 0) is 13.3 Å². The van der Waals surface area contributed by atoms with Crippen molar-refractivity contribution in [2.45, 2.75) is 20.3 Å². The fourth-order valence-corrected chi connectivity index (χ4v) is 1.52. The van der Waals surface area contributed by atoms with E-state index in [1.54, 1.807) is 0 Å². The Balaban J connectivity index is 2.35. The molecule has 0 bridgehead atoms. The highest BCUT2D eigenvalue weighted by molar-refractivity contribution is 5.92. The third-order valence-corrected chi connectivity index (χ3v) is 2.48. The molecule has 0 aliphatic carbocycles. The predicted octanol–water partition coefficient (Wildman–Crippen LogP) is 0.377. The molecule has 2 heterocycles. The van der Waals surface area contributed by atoms with Crippen LogP contribution in [-0.4, -0.2) is 43.8 Å². The molecular formula is C12H17N7O2. The van der Waals surface area contributed by atoms with E-state index in [2.05, 4.69) is 25.4 Å².